The van der Waals surface area contributed by atoms with Crippen molar-refractivity contribution in [2.75, 3.05) is 11.1 Å². The van der Waals surface area contributed by atoms with Crippen LogP contribution in [-0.4, -0.2) is 10.9 Å². The first-order valence-electron chi connectivity index (χ1n) is 8.03. The molecule has 3 aromatic carbocycles. The summed E-state index contributed by atoms with van der Waals surface area (Å²) in [7, 11) is 0. The Bertz CT molecular complexity index is 1140. The Morgan fingerprint density at radius 1 is 1.11 bits per heavy atom. The molecule has 0 aliphatic carbocycles. The quantitative estimate of drug-likeness (QED) is 0.443. The summed E-state index contributed by atoms with van der Waals surface area (Å²) in [5.41, 5.74) is 7.78. The van der Waals surface area contributed by atoms with Crippen LogP contribution in [0.3, 0.4) is 0 Å². The van der Waals surface area contributed by atoms with Gasteiger partial charge in [-0.05, 0) is 48.5 Å². The number of amides is 1. The highest BCUT2D eigenvalue weighted by Crippen LogP contribution is 2.36. The van der Waals surface area contributed by atoms with Crippen LogP contribution in [0.4, 0.5) is 15.8 Å². The molecule has 3 N–H and O–H groups in total. The number of carbonyl (C=O) groups is 1. The van der Waals surface area contributed by atoms with Crippen LogP contribution in [0.25, 0.3) is 20.8 Å². The first-order valence-corrected chi connectivity index (χ1v) is 9.22. The van der Waals surface area contributed by atoms with Crippen LogP contribution >= 0.6 is 22.9 Å². The second kappa shape index (κ2) is 6.98. The van der Waals surface area contributed by atoms with Gasteiger partial charge in [0.05, 0.1) is 20.8 Å². The third-order valence-electron chi connectivity index (χ3n) is 3.99. The lowest BCUT2D eigenvalue weighted by atomic mass is 10.1. The number of carbonyl (C=O) groups excluding carboxylic acids is 1. The van der Waals surface area contributed by atoms with Crippen LogP contribution in [0.15, 0.2) is 60.7 Å². The number of halogens is 2. The molecule has 0 aliphatic heterocycles. The topological polar surface area (TPSA) is 68.0 Å². The van der Waals surface area contributed by atoms with Gasteiger partial charge >= 0.3 is 0 Å². The van der Waals surface area contributed by atoms with Gasteiger partial charge in [0.25, 0.3) is 5.91 Å². The summed E-state index contributed by atoms with van der Waals surface area (Å²) >= 11 is 7.84. The van der Waals surface area contributed by atoms with Crippen LogP contribution < -0.4 is 11.1 Å². The van der Waals surface area contributed by atoms with Gasteiger partial charge in [0, 0.05) is 16.9 Å². The number of rotatable bonds is 3. The number of nitrogens with zero attached hydrogens (tertiary/aromatic N) is 1. The molecule has 0 fully saturated rings. The van der Waals surface area contributed by atoms with Crippen molar-refractivity contribution in [3.8, 4) is 10.6 Å². The van der Waals surface area contributed by atoms with Crippen molar-refractivity contribution < 1.29 is 9.18 Å². The molecule has 0 saturated carbocycles. The van der Waals surface area contributed by atoms with Gasteiger partial charge in [-0.1, -0.05) is 23.7 Å². The van der Waals surface area contributed by atoms with E-state index >= 15 is 0 Å². The van der Waals surface area contributed by atoms with E-state index in [1.165, 1.54) is 23.5 Å². The number of nitrogen functional groups attached to an aromatic ring is 1. The molecule has 27 heavy (non-hydrogen) atoms. The summed E-state index contributed by atoms with van der Waals surface area (Å²) in [5.74, 6) is -1.24. The van der Waals surface area contributed by atoms with Gasteiger partial charge in [-0.25, -0.2) is 9.37 Å². The van der Waals surface area contributed by atoms with Crippen molar-refractivity contribution >= 4 is 50.4 Å². The second-order valence-corrected chi connectivity index (χ2v) is 7.31. The molecule has 0 radical (unpaired) electrons. The summed E-state index contributed by atoms with van der Waals surface area (Å²) in [6.45, 7) is 0. The number of anilines is 2. The highest BCUT2D eigenvalue weighted by molar-refractivity contribution is 7.21. The van der Waals surface area contributed by atoms with Crippen LogP contribution in [0, 0.1) is 5.82 Å². The molecule has 0 bridgehead atoms. The van der Waals surface area contributed by atoms with Gasteiger partial charge in [-0.3, -0.25) is 4.79 Å². The van der Waals surface area contributed by atoms with E-state index in [0.29, 0.717) is 16.3 Å². The maximum absolute atomic E-state index is 14.0. The van der Waals surface area contributed by atoms with E-state index in [0.717, 1.165) is 21.3 Å². The monoisotopic (exact) mass is 397 g/mol. The van der Waals surface area contributed by atoms with Crippen molar-refractivity contribution in [1.29, 1.82) is 0 Å². The number of hydrogen-bond acceptors (Lipinski definition) is 4. The van der Waals surface area contributed by atoms with Crippen molar-refractivity contribution in [2.24, 2.45) is 0 Å². The number of aromatic nitrogens is 1. The van der Waals surface area contributed by atoms with E-state index in [9.17, 15) is 9.18 Å². The van der Waals surface area contributed by atoms with Crippen molar-refractivity contribution in [2.45, 2.75) is 0 Å². The Hall–Kier alpha value is -2.96. The fourth-order valence-corrected chi connectivity index (χ4v) is 3.93. The number of nitrogens with two attached hydrogens (primary N) is 1. The SMILES string of the molecule is Nc1ccc(C(=O)Nc2ccc(Cl)c(-c3nc4ccccc4s3)c2)c(F)c1. The molecule has 0 unspecified atom stereocenters. The molecule has 0 aliphatic rings. The number of fused-ring (bicyclic) bond motifs is 1. The smallest absolute Gasteiger partial charge is 0.258 e. The van der Waals surface area contributed by atoms with Crippen LogP contribution in [-0.2, 0) is 0 Å². The lowest BCUT2D eigenvalue weighted by molar-refractivity contribution is 0.102. The van der Waals surface area contributed by atoms with Crippen molar-refractivity contribution in [1.82, 2.24) is 4.98 Å². The van der Waals surface area contributed by atoms with Crippen LogP contribution in [0.1, 0.15) is 10.4 Å². The van der Waals surface area contributed by atoms with Crippen molar-refractivity contribution in [3.63, 3.8) is 0 Å². The van der Waals surface area contributed by atoms with Gasteiger partial charge in [0.2, 0.25) is 0 Å². The fourth-order valence-electron chi connectivity index (χ4n) is 2.67. The highest BCUT2D eigenvalue weighted by atomic mass is 35.5. The predicted molar refractivity (Wildman–Crippen MR) is 109 cm³/mol. The largest absolute Gasteiger partial charge is 0.399 e. The summed E-state index contributed by atoms with van der Waals surface area (Å²) in [6.07, 6.45) is 0. The minimum atomic E-state index is -0.673. The molecule has 4 nitrogen and oxygen atoms in total. The Morgan fingerprint density at radius 2 is 1.93 bits per heavy atom. The standard InChI is InChI=1S/C20H13ClFN3OS/c21-15-8-6-12(24-19(26)13-7-5-11(23)9-16(13)22)10-14(15)20-25-17-3-1-2-4-18(17)27-20/h1-10H,23H2,(H,24,26). The van der Waals surface area contributed by atoms with E-state index < -0.39 is 11.7 Å². The molecule has 7 heteroatoms. The van der Waals surface area contributed by atoms with Gasteiger partial charge in [-0.2, -0.15) is 0 Å². The zero-order chi connectivity index (χ0) is 19.0. The number of benzene rings is 3. The van der Waals surface area contributed by atoms with E-state index in [1.807, 2.05) is 24.3 Å². The Balaban J connectivity index is 1.67. The maximum atomic E-state index is 14.0. The van der Waals surface area contributed by atoms with Crippen molar-refractivity contribution in [3.05, 3.63) is 77.1 Å². The van der Waals surface area contributed by atoms with E-state index in [1.54, 1.807) is 18.2 Å². The lowest BCUT2D eigenvalue weighted by Gasteiger charge is -2.09. The molecule has 4 rings (SSSR count). The molecular weight excluding hydrogens is 385 g/mol. The molecule has 1 amide bonds. The molecular formula is C20H13ClFN3OS. The number of hydrogen-bond donors (Lipinski definition) is 2. The van der Waals surface area contributed by atoms with Gasteiger partial charge in [0.15, 0.2) is 0 Å². The molecule has 0 atom stereocenters. The third-order valence-corrected chi connectivity index (χ3v) is 5.39. The van der Waals surface area contributed by atoms with Gasteiger partial charge < -0.3 is 11.1 Å². The van der Waals surface area contributed by atoms with Gasteiger partial charge in [0.1, 0.15) is 10.8 Å². The van der Waals surface area contributed by atoms with E-state index in [2.05, 4.69) is 10.3 Å². The number of nitrogens with one attached hydrogen (secondary N) is 1. The zero-order valence-corrected chi connectivity index (χ0v) is 15.4. The number of para-hydroxylation sites is 1. The first-order chi connectivity index (χ1) is 13.0. The lowest BCUT2D eigenvalue weighted by Crippen LogP contribution is -2.14. The summed E-state index contributed by atoms with van der Waals surface area (Å²) in [5, 5.41) is 3.95. The van der Waals surface area contributed by atoms with E-state index in [-0.39, 0.29) is 11.3 Å². The van der Waals surface area contributed by atoms with Crippen LogP contribution in [0.5, 0.6) is 0 Å². The zero-order valence-electron chi connectivity index (χ0n) is 13.9. The number of thiazole rings is 1. The maximum Gasteiger partial charge on any atom is 0.258 e. The second-order valence-electron chi connectivity index (χ2n) is 5.87. The molecule has 134 valence electrons. The Labute approximate surface area is 163 Å². The molecule has 0 saturated heterocycles. The summed E-state index contributed by atoms with van der Waals surface area (Å²) in [4.78, 5) is 17.0. The minimum Gasteiger partial charge on any atom is -0.399 e. The third kappa shape index (κ3) is 3.49. The summed E-state index contributed by atoms with van der Waals surface area (Å²) < 4.78 is 15.0. The molecule has 1 heterocycles. The normalized spacial score (nSPS) is 10.9. The molecule has 0 spiro atoms. The minimum absolute atomic E-state index is 0.0827. The average Bonchev–Trinajstić information content (AvgIpc) is 3.07. The summed E-state index contributed by atoms with van der Waals surface area (Å²) in [6, 6.07) is 16.8. The Morgan fingerprint density at radius 3 is 2.70 bits per heavy atom. The van der Waals surface area contributed by atoms with Crippen LogP contribution in [0.2, 0.25) is 5.02 Å². The molecule has 1 aromatic heterocycles. The highest BCUT2D eigenvalue weighted by Gasteiger charge is 2.15. The van der Waals surface area contributed by atoms with E-state index in [4.69, 9.17) is 17.3 Å². The average molecular weight is 398 g/mol. The van der Waals surface area contributed by atoms with Gasteiger partial charge in [-0.15, -0.1) is 11.3 Å². The Kier molecular flexibility index (Phi) is 4.51. The fraction of sp³-hybridized carbons (Fsp3) is 0. The molecule has 4 aromatic rings. The first kappa shape index (κ1) is 17.5. The predicted octanol–water partition coefficient (Wildman–Crippen LogP) is 5.59.